The van der Waals surface area contributed by atoms with E-state index in [1.54, 1.807) is 29.3 Å². The fraction of sp³-hybridized carbons (Fsp3) is 0.455. The molecule has 1 saturated heterocycles. The fourth-order valence-electron chi connectivity index (χ4n) is 3.43. The van der Waals surface area contributed by atoms with E-state index in [4.69, 9.17) is 16.3 Å². The topological polar surface area (TPSA) is 83.8 Å². The van der Waals surface area contributed by atoms with Crippen LogP contribution in [0, 0.1) is 0 Å². The predicted molar refractivity (Wildman–Crippen MR) is 116 cm³/mol. The number of piperazine rings is 1. The van der Waals surface area contributed by atoms with E-state index >= 15 is 0 Å². The van der Waals surface area contributed by atoms with Crippen molar-refractivity contribution in [3.8, 4) is 5.75 Å². The molecule has 0 saturated carbocycles. The minimum atomic E-state index is -0.587. The normalized spacial score (nSPS) is 17.1. The number of halogens is 1. The molecule has 0 spiro atoms. The summed E-state index contributed by atoms with van der Waals surface area (Å²) in [5, 5.41) is 14.4. The molecule has 8 heteroatoms. The lowest BCUT2D eigenvalue weighted by atomic mass is 10.0. The molecule has 1 atom stereocenters. The monoisotopic (exact) mass is 433 g/mol. The molecule has 162 valence electrons. The molecule has 0 radical (unpaired) electrons. The lowest BCUT2D eigenvalue weighted by Gasteiger charge is -2.37. The van der Waals surface area contributed by atoms with Gasteiger partial charge in [-0.25, -0.2) is 4.79 Å². The van der Waals surface area contributed by atoms with Gasteiger partial charge in [-0.15, -0.1) is 0 Å². The van der Waals surface area contributed by atoms with Gasteiger partial charge in [-0.3, -0.25) is 4.79 Å². The molecular weight excluding hydrogens is 406 g/mol. The summed E-state index contributed by atoms with van der Waals surface area (Å²) in [7, 11) is 0. The van der Waals surface area contributed by atoms with Gasteiger partial charge in [0.15, 0.2) is 5.75 Å². The Morgan fingerprint density at radius 1 is 1.27 bits per heavy atom. The number of hydrogen-bond donors (Lipinski definition) is 2. The third-order valence-electron chi connectivity index (χ3n) is 4.92. The Morgan fingerprint density at radius 2 is 1.97 bits per heavy atom. The van der Waals surface area contributed by atoms with Crippen molar-refractivity contribution >= 4 is 17.7 Å². The van der Waals surface area contributed by atoms with Crippen molar-refractivity contribution in [2.75, 3.05) is 19.6 Å². The fourth-order valence-corrected chi connectivity index (χ4v) is 3.56. The van der Waals surface area contributed by atoms with E-state index in [0.29, 0.717) is 43.2 Å². The summed E-state index contributed by atoms with van der Waals surface area (Å²) in [6, 6.07) is 8.72. The van der Waals surface area contributed by atoms with Gasteiger partial charge in [0.1, 0.15) is 5.60 Å². The zero-order valence-corrected chi connectivity index (χ0v) is 18.3. The lowest BCUT2D eigenvalue weighted by Crippen LogP contribution is -2.55. The summed E-state index contributed by atoms with van der Waals surface area (Å²) < 4.78 is 6.97. The number of carbonyl (C=O) groups excluding carboxylic acids is 1. The summed E-state index contributed by atoms with van der Waals surface area (Å²) >= 11 is 5.90. The van der Waals surface area contributed by atoms with Crippen molar-refractivity contribution in [1.29, 1.82) is 0 Å². The van der Waals surface area contributed by atoms with Crippen molar-refractivity contribution in [3.05, 3.63) is 63.0 Å². The van der Waals surface area contributed by atoms with Crippen molar-refractivity contribution in [2.45, 2.75) is 45.4 Å². The number of nitrogens with zero attached hydrogens (tertiary/aromatic N) is 2. The van der Waals surface area contributed by atoms with Gasteiger partial charge < -0.3 is 24.6 Å². The van der Waals surface area contributed by atoms with Gasteiger partial charge >= 0.3 is 6.09 Å². The van der Waals surface area contributed by atoms with Crippen LogP contribution in [0.2, 0.25) is 5.02 Å². The maximum Gasteiger partial charge on any atom is 0.410 e. The first-order chi connectivity index (χ1) is 14.1. The molecule has 1 fully saturated rings. The van der Waals surface area contributed by atoms with E-state index in [0.717, 1.165) is 5.56 Å². The number of nitrogens with one attached hydrogen (secondary N) is 1. The molecule has 0 bridgehead atoms. The molecule has 0 aliphatic carbocycles. The van der Waals surface area contributed by atoms with Crippen LogP contribution < -0.4 is 10.9 Å². The quantitative estimate of drug-likeness (QED) is 0.774. The Balaban J connectivity index is 1.76. The third-order valence-corrected chi connectivity index (χ3v) is 5.18. The minimum Gasteiger partial charge on any atom is -0.503 e. The first kappa shape index (κ1) is 22.2. The molecule has 1 aliphatic rings. The Labute approximate surface area is 181 Å². The van der Waals surface area contributed by atoms with Crippen LogP contribution >= 0.6 is 11.6 Å². The van der Waals surface area contributed by atoms with Gasteiger partial charge in [0.05, 0.1) is 12.6 Å². The van der Waals surface area contributed by atoms with E-state index in [-0.39, 0.29) is 17.9 Å². The summed E-state index contributed by atoms with van der Waals surface area (Å²) in [5.41, 5.74) is 0.363. The summed E-state index contributed by atoms with van der Waals surface area (Å²) in [6.45, 7) is 7.56. The first-order valence-electron chi connectivity index (χ1n) is 10.00. The second-order valence-corrected chi connectivity index (χ2v) is 8.92. The summed E-state index contributed by atoms with van der Waals surface area (Å²) in [5.74, 6) is -0.291. The Kier molecular flexibility index (Phi) is 6.73. The van der Waals surface area contributed by atoms with Crippen LogP contribution in [0.3, 0.4) is 0 Å². The maximum absolute atomic E-state index is 12.7. The molecular formula is C22H28ClN3O4. The van der Waals surface area contributed by atoms with Crippen LogP contribution in [0.5, 0.6) is 5.75 Å². The average Bonchev–Trinajstić information content (AvgIpc) is 2.68. The number of carbonyl (C=O) groups is 1. The highest BCUT2D eigenvalue weighted by Crippen LogP contribution is 2.20. The summed E-state index contributed by atoms with van der Waals surface area (Å²) in [6.07, 6.45) is 1.64. The smallest absolute Gasteiger partial charge is 0.410 e. The minimum absolute atomic E-state index is 0.217. The number of benzene rings is 1. The number of ether oxygens (including phenoxy) is 1. The largest absolute Gasteiger partial charge is 0.503 e. The van der Waals surface area contributed by atoms with E-state index < -0.39 is 11.2 Å². The molecule has 30 heavy (non-hydrogen) atoms. The van der Waals surface area contributed by atoms with E-state index in [1.165, 1.54) is 4.57 Å². The molecule has 3 rings (SSSR count). The number of hydrogen-bond acceptors (Lipinski definition) is 5. The molecule has 1 aromatic heterocycles. The molecule has 1 aromatic carbocycles. The maximum atomic E-state index is 12.7. The Hall–Kier alpha value is -2.51. The van der Waals surface area contributed by atoms with Gasteiger partial charge in [-0.2, -0.15) is 0 Å². The van der Waals surface area contributed by atoms with Crippen molar-refractivity contribution < 1.29 is 14.6 Å². The zero-order valence-electron chi connectivity index (χ0n) is 17.5. The number of amides is 1. The molecule has 7 nitrogen and oxygen atoms in total. The predicted octanol–water partition coefficient (Wildman–Crippen LogP) is 3.01. The van der Waals surface area contributed by atoms with Crippen LogP contribution in [0.1, 0.15) is 31.9 Å². The van der Waals surface area contributed by atoms with Crippen LogP contribution in [0.25, 0.3) is 0 Å². The second kappa shape index (κ2) is 9.10. The molecule has 1 unspecified atom stereocenters. The first-order valence-corrected chi connectivity index (χ1v) is 10.4. The van der Waals surface area contributed by atoms with Gasteiger partial charge in [0.25, 0.3) is 5.56 Å². The third kappa shape index (κ3) is 5.55. The Morgan fingerprint density at radius 3 is 2.63 bits per heavy atom. The van der Waals surface area contributed by atoms with Crippen LogP contribution in [0.4, 0.5) is 4.79 Å². The molecule has 2 N–H and O–H groups in total. The number of rotatable bonds is 4. The van der Waals surface area contributed by atoms with Gasteiger partial charge in [-0.05, 0) is 51.0 Å². The molecule has 2 heterocycles. The van der Waals surface area contributed by atoms with Gasteiger partial charge in [0.2, 0.25) is 0 Å². The van der Waals surface area contributed by atoms with Crippen molar-refractivity contribution in [1.82, 2.24) is 14.8 Å². The van der Waals surface area contributed by atoms with Crippen molar-refractivity contribution in [3.63, 3.8) is 0 Å². The highest BCUT2D eigenvalue weighted by atomic mass is 35.5. The Bertz CT molecular complexity index is 950. The van der Waals surface area contributed by atoms with Gasteiger partial charge in [-0.1, -0.05) is 23.7 Å². The van der Waals surface area contributed by atoms with Crippen molar-refractivity contribution in [2.24, 2.45) is 0 Å². The van der Waals surface area contributed by atoms with E-state index in [1.807, 2.05) is 32.9 Å². The highest BCUT2D eigenvalue weighted by Gasteiger charge is 2.31. The van der Waals surface area contributed by atoms with Crippen LogP contribution in [-0.4, -0.2) is 51.9 Å². The van der Waals surface area contributed by atoms with E-state index in [9.17, 15) is 14.7 Å². The van der Waals surface area contributed by atoms with Crippen LogP contribution in [-0.2, 0) is 17.7 Å². The highest BCUT2D eigenvalue weighted by molar-refractivity contribution is 6.30. The number of pyridine rings is 1. The number of aromatic nitrogens is 1. The molecule has 1 aliphatic heterocycles. The van der Waals surface area contributed by atoms with E-state index in [2.05, 4.69) is 5.32 Å². The SMILES string of the molecule is CC(C)(C)OC(=O)N1CCNCC1Cc1ccn(Cc2ccc(Cl)cc2)c(=O)c1O. The van der Waals surface area contributed by atoms with Crippen LogP contribution in [0.15, 0.2) is 41.3 Å². The second-order valence-electron chi connectivity index (χ2n) is 8.48. The number of aromatic hydroxyl groups is 1. The summed E-state index contributed by atoms with van der Waals surface area (Å²) in [4.78, 5) is 26.9. The standard InChI is InChI=1S/C22H28ClN3O4/c1-22(2,3)30-21(29)26-11-9-24-13-18(26)12-16-8-10-25(20(28)19(16)27)14-15-4-6-17(23)7-5-15/h4-8,10,18,24,27H,9,11-14H2,1-3H3. The van der Waals surface area contributed by atoms with Gasteiger partial charge in [0, 0.05) is 36.4 Å². The molecule has 1 amide bonds. The zero-order chi connectivity index (χ0) is 21.9. The lowest BCUT2D eigenvalue weighted by molar-refractivity contribution is 0.0121. The molecule has 2 aromatic rings. The average molecular weight is 434 g/mol.